The number of hydrogen-bond acceptors (Lipinski definition) is 5. The van der Waals surface area contributed by atoms with Crippen LogP contribution in [-0.4, -0.2) is 81.2 Å². The Bertz CT molecular complexity index is 1420. The third-order valence-corrected chi connectivity index (χ3v) is 7.70. The van der Waals surface area contributed by atoms with Crippen molar-refractivity contribution in [1.82, 2.24) is 25.1 Å². The van der Waals surface area contributed by atoms with Crippen LogP contribution in [0.25, 0.3) is 0 Å². The van der Waals surface area contributed by atoms with Crippen LogP contribution in [0.4, 0.5) is 4.79 Å². The Morgan fingerprint density at radius 2 is 1.60 bits per heavy atom. The molecule has 2 atom stereocenters. The lowest BCUT2D eigenvalue weighted by Gasteiger charge is -2.55. The minimum absolute atomic E-state index is 0.0689. The van der Waals surface area contributed by atoms with Gasteiger partial charge in [0.2, 0.25) is 11.8 Å². The van der Waals surface area contributed by atoms with Crippen LogP contribution in [0.2, 0.25) is 0 Å². The Morgan fingerprint density at radius 1 is 0.929 bits per heavy atom. The number of carbonyl (C=O) groups excluding carboxylic acids is 3. The van der Waals surface area contributed by atoms with Crippen molar-refractivity contribution in [2.45, 2.75) is 38.0 Å². The molecule has 216 valence electrons. The number of hydrazine groups is 1. The maximum atomic E-state index is 14.0. The minimum Gasteiger partial charge on any atom is -0.508 e. The average Bonchev–Trinajstić information content (AvgIpc) is 3.00. The van der Waals surface area contributed by atoms with Gasteiger partial charge in [-0.05, 0) is 41.7 Å². The summed E-state index contributed by atoms with van der Waals surface area (Å²) < 4.78 is 0. The highest BCUT2D eigenvalue weighted by Gasteiger charge is 2.51. The number of hydrogen-bond donors (Lipinski definition) is 2. The molecule has 0 aromatic heterocycles. The average molecular weight is 566 g/mol. The molecule has 42 heavy (non-hydrogen) atoms. The van der Waals surface area contributed by atoms with E-state index in [2.05, 4.69) is 23.4 Å². The van der Waals surface area contributed by atoms with Crippen molar-refractivity contribution < 1.29 is 19.5 Å². The molecule has 0 aliphatic carbocycles. The van der Waals surface area contributed by atoms with E-state index in [-0.39, 0.29) is 43.6 Å². The van der Waals surface area contributed by atoms with Crippen molar-refractivity contribution in [1.29, 1.82) is 0 Å². The van der Waals surface area contributed by atoms with Crippen LogP contribution in [0.15, 0.2) is 84.9 Å². The monoisotopic (exact) mass is 565 g/mol. The summed E-state index contributed by atoms with van der Waals surface area (Å²) in [6, 6.07) is 25.1. The molecular formula is C33H35N5O4. The van der Waals surface area contributed by atoms with Crippen molar-refractivity contribution in [3.8, 4) is 18.1 Å². The Hall–Kier alpha value is -4.81. The molecule has 3 aromatic rings. The van der Waals surface area contributed by atoms with Crippen LogP contribution in [0.1, 0.15) is 23.1 Å². The molecule has 2 saturated heterocycles. The molecule has 5 rings (SSSR count). The van der Waals surface area contributed by atoms with Crippen LogP contribution in [0.5, 0.6) is 5.75 Å². The molecule has 2 N–H and O–H groups in total. The third kappa shape index (κ3) is 6.56. The van der Waals surface area contributed by atoms with Gasteiger partial charge in [0.1, 0.15) is 18.0 Å². The van der Waals surface area contributed by atoms with Gasteiger partial charge in [-0.2, -0.15) is 5.01 Å². The molecule has 2 fully saturated rings. The van der Waals surface area contributed by atoms with E-state index in [0.717, 1.165) is 24.0 Å². The second kappa shape index (κ2) is 13.2. The first-order chi connectivity index (χ1) is 20.4. The first-order valence-corrected chi connectivity index (χ1v) is 14.2. The van der Waals surface area contributed by atoms with E-state index in [1.807, 2.05) is 48.5 Å². The Balaban J connectivity index is 1.43. The number of nitrogens with zero attached hydrogens (tertiary/aromatic N) is 4. The highest BCUT2D eigenvalue weighted by atomic mass is 16.3. The number of fused-ring (bicyclic) bond motifs is 1. The predicted octanol–water partition coefficient (Wildman–Crippen LogP) is 3.01. The van der Waals surface area contributed by atoms with Crippen molar-refractivity contribution in [2.24, 2.45) is 0 Å². The minimum atomic E-state index is -0.810. The smallest absolute Gasteiger partial charge is 0.334 e. The number of benzene rings is 3. The van der Waals surface area contributed by atoms with E-state index in [9.17, 15) is 19.5 Å². The van der Waals surface area contributed by atoms with Crippen LogP contribution < -0.4 is 5.32 Å². The highest BCUT2D eigenvalue weighted by Crippen LogP contribution is 2.29. The van der Waals surface area contributed by atoms with Gasteiger partial charge in [0.15, 0.2) is 0 Å². The molecule has 9 nitrogen and oxygen atoms in total. The largest absolute Gasteiger partial charge is 0.508 e. The standard InChI is InChI=1S/C33H35N5O4/c1-2-19-36-24-31(40)37-29(21-26-15-17-28(39)18-16-26)32(41)35(20-9-14-25-10-5-3-6-11-25)23-30(37)38(36)33(42)34-22-27-12-7-4-8-13-27/h1,3-8,10-13,15-18,29-30,39H,9,14,19-24H2,(H,34,42)/t29-,30-/m0/s1. The topological polar surface area (TPSA) is 96.4 Å². The summed E-state index contributed by atoms with van der Waals surface area (Å²) in [5, 5.41) is 15.8. The second-order valence-corrected chi connectivity index (χ2v) is 10.6. The molecule has 3 aromatic carbocycles. The van der Waals surface area contributed by atoms with E-state index in [0.29, 0.717) is 13.1 Å². The molecule has 2 aliphatic rings. The third-order valence-electron chi connectivity index (χ3n) is 7.70. The van der Waals surface area contributed by atoms with Crippen molar-refractivity contribution in [3.05, 3.63) is 102 Å². The number of terminal acetylenes is 1. The second-order valence-electron chi connectivity index (χ2n) is 10.6. The highest BCUT2D eigenvalue weighted by molar-refractivity contribution is 5.91. The lowest BCUT2D eigenvalue weighted by Crippen LogP contribution is -2.76. The van der Waals surface area contributed by atoms with Crippen LogP contribution in [-0.2, 0) is 29.0 Å². The van der Waals surface area contributed by atoms with Gasteiger partial charge in [-0.1, -0.05) is 78.7 Å². The molecule has 2 aliphatic heterocycles. The van der Waals surface area contributed by atoms with E-state index >= 15 is 0 Å². The van der Waals surface area contributed by atoms with Gasteiger partial charge in [-0.15, -0.1) is 6.42 Å². The first kappa shape index (κ1) is 28.7. The van der Waals surface area contributed by atoms with Crippen molar-refractivity contribution in [3.63, 3.8) is 0 Å². The quantitative estimate of drug-likeness (QED) is 0.389. The molecule has 0 bridgehead atoms. The summed E-state index contributed by atoms with van der Waals surface area (Å²) in [7, 11) is 0. The van der Waals surface area contributed by atoms with Gasteiger partial charge in [0.05, 0.1) is 19.6 Å². The van der Waals surface area contributed by atoms with Gasteiger partial charge < -0.3 is 20.2 Å². The van der Waals surface area contributed by atoms with Crippen LogP contribution in [0, 0.1) is 12.3 Å². The number of rotatable bonds is 9. The lowest BCUT2D eigenvalue weighted by atomic mass is 9.98. The number of aromatic hydroxyl groups is 1. The number of carbonyl (C=O) groups is 3. The molecule has 0 unspecified atom stereocenters. The van der Waals surface area contributed by atoms with E-state index in [1.165, 1.54) is 10.6 Å². The number of aryl methyl sites for hydroxylation is 1. The van der Waals surface area contributed by atoms with Crippen molar-refractivity contribution in [2.75, 3.05) is 26.2 Å². The zero-order chi connectivity index (χ0) is 29.5. The zero-order valence-electron chi connectivity index (χ0n) is 23.4. The molecule has 2 heterocycles. The van der Waals surface area contributed by atoms with Gasteiger partial charge in [-0.3, -0.25) is 9.59 Å². The summed E-state index contributed by atoms with van der Waals surface area (Å²) in [4.78, 5) is 44.6. The molecule has 4 amide bonds. The zero-order valence-corrected chi connectivity index (χ0v) is 23.4. The maximum Gasteiger partial charge on any atom is 0.334 e. The Labute approximate surface area is 246 Å². The molecule has 0 spiro atoms. The van der Waals surface area contributed by atoms with E-state index in [4.69, 9.17) is 6.42 Å². The van der Waals surface area contributed by atoms with E-state index < -0.39 is 18.2 Å². The predicted molar refractivity (Wildman–Crippen MR) is 158 cm³/mol. The van der Waals surface area contributed by atoms with Gasteiger partial charge in [0.25, 0.3) is 0 Å². The van der Waals surface area contributed by atoms with E-state index in [1.54, 1.807) is 39.1 Å². The fraction of sp³-hybridized carbons (Fsp3) is 0.303. The summed E-state index contributed by atoms with van der Waals surface area (Å²) in [6.07, 6.45) is 6.71. The fourth-order valence-electron chi connectivity index (χ4n) is 5.67. The number of amides is 4. The summed E-state index contributed by atoms with van der Waals surface area (Å²) in [6.45, 7) is 0.905. The summed E-state index contributed by atoms with van der Waals surface area (Å²) in [5.41, 5.74) is 2.92. The van der Waals surface area contributed by atoms with Crippen LogP contribution >= 0.6 is 0 Å². The number of urea groups is 1. The Morgan fingerprint density at radius 3 is 2.26 bits per heavy atom. The number of nitrogens with one attached hydrogen (secondary N) is 1. The molecule has 0 saturated carbocycles. The van der Waals surface area contributed by atoms with Gasteiger partial charge >= 0.3 is 6.03 Å². The van der Waals surface area contributed by atoms with Gasteiger partial charge in [0, 0.05) is 19.5 Å². The number of piperazine rings is 1. The van der Waals surface area contributed by atoms with Crippen LogP contribution in [0.3, 0.4) is 0 Å². The lowest BCUT2D eigenvalue weighted by molar-refractivity contribution is -0.188. The fourth-order valence-corrected chi connectivity index (χ4v) is 5.67. The summed E-state index contributed by atoms with van der Waals surface area (Å²) in [5.74, 6) is 2.27. The van der Waals surface area contributed by atoms with Crippen molar-refractivity contribution >= 4 is 17.8 Å². The molecular weight excluding hydrogens is 530 g/mol. The SMILES string of the molecule is C#CCN1CC(=O)N2[C@@H](Cc3ccc(O)cc3)C(=O)N(CCCc3ccccc3)C[C@@H]2N1C(=O)NCc1ccccc1. The number of phenols is 1. The first-order valence-electron chi connectivity index (χ1n) is 14.2. The maximum absolute atomic E-state index is 14.0. The number of phenolic OH excluding ortho intramolecular Hbond substituents is 1. The molecule has 9 heteroatoms. The molecule has 0 radical (unpaired) electrons. The Kier molecular flexibility index (Phi) is 9.05. The summed E-state index contributed by atoms with van der Waals surface area (Å²) >= 11 is 0. The normalized spacial score (nSPS) is 18.9. The van der Waals surface area contributed by atoms with Gasteiger partial charge in [-0.25, -0.2) is 9.80 Å².